The number of hydrogen-bond donors (Lipinski definition) is 0. The second-order valence-corrected chi connectivity index (χ2v) is 6.62. The van der Waals surface area contributed by atoms with Crippen molar-refractivity contribution in [3.63, 3.8) is 0 Å². The molecule has 3 nitrogen and oxygen atoms in total. The zero-order valence-corrected chi connectivity index (χ0v) is 13.2. The molecule has 0 spiro atoms. The van der Waals surface area contributed by atoms with Crippen LogP contribution in [0.25, 0.3) is 0 Å². The van der Waals surface area contributed by atoms with Crippen molar-refractivity contribution in [1.29, 1.82) is 0 Å². The van der Waals surface area contributed by atoms with Gasteiger partial charge >= 0.3 is 0 Å². The lowest BCUT2D eigenvalue weighted by Gasteiger charge is -2.28. The van der Waals surface area contributed by atoms with Crippen molar-refractivity contribution >= 4 is 17.5 Å². The first-order chi connectivity index (χ1) is 11.6. The second kappa shape index (κ2) is 5.86. The van der Waals surface area contributed by atoms with Gasteiger partial charge in [0.1, 0.15) is 5.82 Å². The van der Waals surface area contributed by atoms with E-state index in [2.05, 4.69) is 12.1 Å². The van der Waals surface area contributed by atoms with Crippen molar-refractivity contribution in [2.45, 2.75) is 25.2 Å². The Balaban J connectivity index is 1.60. The topological polar surface area (TPSA) is 37.4 Å². The van der Waals surface area contributed by atoms with Gasteiger partial charge in [-0.15, -0.1) is 0 Å². The van der Waals surface area contributed by atoms with Crippen LogP contribution in [-0.2, 0) is 9.59 Å². The Hall–Kier alpha value is -2.49. The zero-order valence-electron chi connectivity index (χ0n) is 13.2. The molecule has 4 rings (SSSR count). The van der Waals surface area contributed by atoms with E-state index in [-0.39, 0.29) is 29.5 Å². The first-order valence-electron chi connectivity index (χ1n) is 8.33. The molecule has 1 aliphatic carbocycles. The van der Waals surface area contributed by atoms with Gasteiger partial charge < -0.3 is 0 Å². The van der Waals surface area contributed by atoms with E-state index in [9.17, 15) is 14.0 Å². The van der Waals surface area contributed by atoms with Gasteiger partial charge in [0.15, 0.2) is 0 Å². The maximum atomic E-state index is 13.1. The molecule has 1 heterocycles. The van der Waals surface area contributed by atoms with E-state index in [4.69, 9.17) is 0 Å². The maximum Gasteiger partial charge on any atom is 0.237 e. The van der Waals surface area contributed by atoms with E-state index >= 15 is 0 Å². The molecule has 1 saturated heterocycles. The fourth-order valence-electron chi connectivity index (χ4n) is 4.05. The number of imide groups is 1. The van der Waals surface area contributed by atoms with Crippen LogP contribution in [0.1, 0.15) is 30.7 Å². The number of amides is 2. The summed E-state index contributed by atoms with van der Waals surface area (Å²) in [4.78, 5) is 26.8. The minimum atomic E-state index is -0.376. The van der Waals surface area contributed by atoms with Crippen LogP contribution in [0.5, 0.6) is 0 Å². The lowest BCUT2D eigenvalue weighted by atomic mass is 9.73. The molecule has 1 aliphatic heterocycles. The molecule has 0 N–H and O–H groups in total. The average Bonchev–Trinajstić information content (AvgIpc) is 2.87. The highest BCUT2D eigenvalue weighted by Gasteiger charge is 2.50. The number of nitrogens with zero attached hydrogens (tertiary/aromatic N) is 1. The van der Waals surface area contributed by atoms with Gasteiger partial charge in [0.05, 0.1) is 17.5 Å². The van der Waals surface area contributed by atoms with Gasteiger partial charge in [-0.3, -0.25) is 14.5 Å². The number of carbonyl (C=O) groups is 2. The van der Waals surface area contributed by atoms with Crippen LogP contribution in [-0.4, -0.2) is 11.8 Å². The Morgan fingerprint density at radius 3 is 2.21 bits per heavy atom. The van der Waals surface area contributed by atoms with Crippen LogP contribution in [0.4, 0.5) is 10.1 Å². The van der Waals surface area contributed by atoms with Crippen LogP contribution < -0.4 is 4.90 Å². The third-order valence-electron chi connectivity index (χ3n) is 5.28. The van der Waals surface area contributed by atoms with Gasteiger partial charge in [-0.25, -0.2) is 4.39 Å². The molecule has 0 aromatic heterocycles. The average molecular weight is 323 g/mol. The maximum absolute atomic E-state index is 13.1. The Bertz CT molecular complexity index is 772. The Morgan fingerprint density at radius 2 is 1.50 bits per heavy atom. The molecule has 0 bridgehead atoms. The molecule has 4 heteroatoms. The highest BCUT2D eigenvalue weighted by atomic mass is 19.1. The molecule has 122 valence electrons. The van der Waals surface area contributed by atoms with Gasteiger partial charge in [-0.1, -0.05) is 30.3 Å². The molecule has 2 aromatic rings. The van der Waals surface area contributed by atoms with Crippen LogP contribution in [0, 0.1) is 17.7 Å². The fourth-order valence-corrected chi connectivity index (χ4v) is 4.05. The van der Waals surface area contributed by atoms with E-state index in [1.54, 1.807) is 0 Å². The van der Waals surface area contributed by atoms with Gasteiger partial charge in [0.2, 0.25) is 11.8 Å². The molecule has 2 fully saturated rings. The van der Waals surface area contributed by atoms with E-state index in [0.717, 1.165) is 12.8 Å². The monoisotopic (exact) mass is 323 g/mol. The summed E-state index contributed by atoms with van der Waals surface area (Å²) in [6.07, 6.45) is 2.35. The highest BCUT2D eigenvalue weighted by Crippen LogP contribution is 2.45. The minimum absolute atomic E-state index is 0.136. The Labute approximate surface area is 140 Å². The summed E-state index contributed by atoms with van der Waals surface area (Å²) >= 11 is 0. The SMILES string of the molecule is O=C1[C@H]2C[C@@H](c3ccccc3)CC[C@H]2C(=O)N1c1ccc(F)cc1. The van der Waals surface area contributed by atoms with Crippen LogP contribution in [0.15, 0.2) is 54.6 Å². The van der Waals surface area contributed by atoms with Gasteiger partial charge in [-0.05, 0) is 55.0 Å². The second-order valence-electron chi connectivity index (χ2n) is 6.62. The minimum Gasteiger partial charge on any atom is -0.274 e. The largest absolute Gasteiger partial charge is 0.274 e. The third kappa shape index (κ3) is 2.42. The Kier molecular flexibility index (Phi) is 3.68. The summed E-state index contributed by atoms with van der Waals surface area (Å²) in [6.45, 7) is 0. The molecule has 2 aromatic carbocycles. The first kappa shape index (κ1) is 15.1. The lowest BCUT2D eigenvalue weighted by molar-refractivity contribution is -0.122. The summed E-state index contributed by atoms with van der Waals surface area (Å²) < 4.78 is 13.1. The molecule has 2 amide bonds. The molecule has 0 unspecified atom stereocenters. The van der Waals surface area contributed by atoms with Gasteiger partial charge in [0, 0.05) is 0 Å². The zero-order chi connectivity index (χ0) is 16.7. The number of rotatable bonds is 2. The first-order valence-corrected chi connectivity index (χ1v) is 8.33. The number of halogens is 1. The van der Waals surface area contributed by atoms with Crippen molar-refractivity contribution in [3.8, 4) is 0 Å². The van der Waals surface area contributed by atoms with Gasteiger partial charge in [0.25, 0.3) is 0 Å². The van der Waals surface area contributed by atoms with Crippen molar-refractivity contribution in [1.82, 2.24) is 0 Å². The van der Waals surface area contributed by atoms with Crippen molar-refractivity contribution in [3.05, 3.63) is 66.0 Å². The summed E-state index contributed by atoms with van der Waals surface area (Å²) in [7, 11) is 0. The number of benzene rings is 2. The summed E-state index contributed by atoms with van der Waals surface area (Å²) in [5.41, 5.74) is 1.70. The molecular formula is C20H18FNO2. The van der Waals surface area contributed by atoms with Gasteiger partial charge in [-0.2, -0.15) is 0 Å². The number of fused-ring (bicyclic) bond motifs is 1. The van der Waals surface area contributed by atoms with Crippen LogP contribution >= 0.6 is 0 Å². The van der Waals surface area contributed by atoms with E-state index in [1.807, 2.05) is 18.2 Å². The summed E-state index contributed by atoms with van der Waals surface area (Å²) in [5, 5.41) is 0. The molecule has 3 atom stereocenters. The number of carbonyl (C=O) groups excluding carboxylic acids is 2. The van der Waals surface area contributed by atoms with Crippen molar-refractivity contribution in [2.24, 2.45) is 11.8 Å². The number of hydrogen-bond acceptors (Lipinski definition) is 2. The predicted octanol–water partition coefficient (Wildman–Crippen LogP) is 3.90. The van der Waals surface area contributed by atoms with Crippen LogP contribution in [0.2, 0.25) is 0 Å². The molecule has 0 radical (unpaired) electrons. The summed E-state index contributed by atoms with van der Waals surface area (Å²) in [5.74, 6) is -0.832. The lowest BCUT2D eigenvalue weighted by Crippen LogP contribution is -2.30. The van der Waals surface area contributed by atoms with Crippen molar-refractivity contribution in [2.75, 3.05) is 4.90 Å². The van der Waals surface area contributed by atoms with Crippen molar-refractivity contribution < 1.29 is 14.0 Å². The molecule has 1 saturated carbocycles. The molecular weight excluding hydrogens is 305 g/mol. The molecule has 24 heavy (non-hydrogen) atoms. The molecule has 2 aliphatic rings. The Morgan fingerprint density at radius 1 is 0.833 bits per heavy atom. The third-order valence-corrected chi connectivity index (χ3v) is 5.28. The predicted molar refractivity (Wildman–Crippen MR) is 88.9 cm³/mol. The smallest absolute Gasteiger partial charge is 0.237 e. The number of anilines is 1. The van der Waals surface area contributed by atoms with Crippen LogP contribution in [0.3, 0.4) is 0 Å². The normalized spacial score (nSPS) is 26.5. The highest BCUT2D eigenvalue weighted by molar-refractivity contribution is 6.22. The standard InChI is InChI=1S/C20H18FNO2/c21-15-7-9-16(10-8-15)22-19(23)17-11-6-14(12-18(17)20(22)24)13-4-2-1-3-5-13/h1-5,7-10,14,17-18H,6,11-12H2/t14-,17+,18-/m0/s1. The summed E-state index contributed by atoms with van der Waals surface area (Å²) in [6, 6.07) is 15.7. The fraction of sp³-hybridized carbons (Fsp3) is 0.300. The van der Waals surface area contributed by atoms with E-state index in [1.165, 1.54) is 34.7 Å². The van der Waals surface area contributed by atoms with E-state index < -0.39 is 0 Å². The van der Waals surface area contributed by atoms with E-state index in [0.29, 0.717) is 18.0 Å². The quantitative estimate of drug-likeness (QED) is 0.786.